The van der Waals surface area contributed by atoms with E-state index in [1.807, 2.05) is 25.5 Å². The maximum atomic E-state index is 10.8. The Morgan fingerprint density at radius 3 is 2.15 bits per heavy atom. The van der Waals surface area contributed by atoms with Gasteiger partial charge in [-0.05, 0) is 24.1 Å². The molecule has 1 radical (unpaired) electrons. The molecule has 0 aliphatic rings. The van der Waals surface area contributed by atoms with Crippen molar-refractivity contribution in [2.45, 2.75) is 6.92 Å². The normalized spacial score (nSPS) is 11.2. The Morgan fingerprint density at radius 2 is 1.77 bits per heavy atom. The highest BCUT2D eigenvalue weighted by molar-refractivity contribution is 7.92. The topological polar surface area (TPSA) is 46.2 Å². The highest BCUT2D eigenvalue weighted by Crippen LogP contribution is 2.11. The van der Waals surface area contributed by atoms with E-state index in [0.717, 1.165) is 11.8 Å². The Bertz CT molecular complexity index is 367. The Hall–Kier alpha value is -1.03. The highest BCUT2D eigenvalue weighted by atomic mass is 32.2. The summed E-state index contributed by atoms with van der Waals surface area (Å²) < 4.78 is 24.1. The second kappa shape index (κ2) is 3.79. The van der Waals surface area contributed by atoms with Crippen molar-refractivity contribution in [2.24, 2.45) is 0 Å². The Morgan fingerprint density at radius 1 is 1.23 bits per heavy atom. The quantitative estimate of drug-likeness (QED) is 0.802. The van der Waals surface area contributed by atoms with Gasteiger partial charge in [0.1, 0.15) is 0 Å². The van der Waals surface area contributed by atoms with E-state index >= 15 is 0 Å². The van der Waals surface area contributed by atoms with E-state index in [9.17, 15) is 8.42 Å². The van der Waals surface area contributed by atoms with Crippen LogP contribution in [-0.4, -0.2) is 14.7 Å². The lowest BCUT2D eigenvalue weighted by atomic mass is 10.2. The minimum absolute atomic E-state index is 0.591. The molecule has 0 atom stereocenters. The smallest absolute Gasteiger partial charge is 0.229 e. The number of anilines is 1. The zero-order valence-corrected chi connectivity index (χ0v) is 8.43. The molecule has 0 heterocycles. The van der Waals surface area contributed by atoms with E-state index in [1.165, 1.54) is 0 Å². The van der Waals surface area contributed by atoms with Crippen molar-refractivity contribution >= 4 is 15.7 Å². The lowest BCUT2D eigenvalue weighted by Gasteiger charge is -2.03. The minimum Gasteiger partial charge on any atom is -0.284 e. The van der Waals surface area contributed by atoms with Crippen molar-refractivity contribution in [1.29, 1.82) is 0 Å². The molecule has 1 aromatic carbocycles. The number of sulfonamides is 1. The van der Waals surface area contributed by atoms with Crippen LogP contribution in [0.15, 0.2) is 24.3 Å². The Kier molecular flexibility index (Phi) is 2.93. The van der Waals surface area contributed by atoms with Crippen LogP contribution in [0.1, 0.15) is 12.5 Å². The Labute approximate surface area is 78.8 Å². The van der Waals surface area contributed by atoms with Crippen LogP contribution in [0, 0.1) is 6.42 Å². The lowest BCUT2D eigenvalue weighted by molar-refractivity contribution is 0.607. The summed E-state index contributed by atoms with van der Waals surface area (Å²) in [6.45, 7) is 1.93. The molecule has 1 rings (SSSR count). The van der Waals surface area contributed by atoms with Gasteiger partial charge >= 0.3 is 0 Å². The number of rotatable bonds is 3. The third kappa shape index (κ3) is 3.46. The van der Waals surface area contributed by atoms with Gasteiger partial charge in [0, 0.05) is 5.69 Å². The van der Waals surface area contributed by atoms with Crippen molar-refractivity contribution in [1.82, 2.24) is 0 Å². The van der Waals surface area contributed by atoms with E-state index < -0.39 is 10.0 Å². The maximum Gasteiger partial charge on any atom is 0.229 e. The molecule has 0 unspecified atom stereocenters. The van der Waals surface area contributed by atoms with Gasteiger partial charge in [-0.25, -0.2) is 8.42 Å². The van der Waals surface area contributed by atoms with Gasteiger partial charge < -0.3 is 0 Å². The molecule has 13 heavy (non-hydrogen) atoms. The van der Waals surface area contributed by atoms with E-state index in [1.54, 1.807) is 12.1 Å². The summed E-state index contributed by atoms with van der Waals surface area (Å²) in [5.74, 6) is 0. The van der Waals surface area contributed by atoms with Crippen LogP contribution in [0.3, 0.4) is 0 Å². The molecule has 0 fully saturated rings. The van der Waals surface area contributed by atoms with Crippen LogP contribution < -0.4 is 4.72 Å². The third-order valence-electron chi connectivity index (χ3n) is 1.55. The average Bonchev–Trinajstić information content (AvgIpc) is 2.03. The zero-order chi connectivity index (χ0) is 9.90. The summed E-state index contributed by atoms with van der Waals surface area (Å²) >= 11 is 0. The van der Waals surface area contributed by atoms with E-state index in [-0.39, 0.29) is 0 Å². The molecule has 71 valence electrons. The van der Waals surface area contributed by atoms with Gasteiger partial charge in [-0.15, -0.1) is 0 Å². The molecule has 0 aliphatic heterocycles. The van der Waals surface area contributed by atoms with Crippen LogP contribution in [0.4, 0.5) is 5.69 Å². The van der Waals surface area contributed by atoms with Crippen molar-refractivity contribution in [3.05, 3.63) is 36.2 Å². The predicted octanol–water partition coefficient (Wildman–Crippen LogP) is 1.63. The van der Waals surface area contributed by atoms with E-state index in [4.69, 9.17) is 0 Å². The molecule has 0 spiro atoms. The monoisotopic (exact) mass is 198 g/mol. The summed E-state index contributed by atoms with van der Waals surface area (Å²) in [6.07, 6.45) is 3.08. The van der Waals surface area contributed by atoms with Gasteiger partial charge in [0.2, 0.25) is 10.0 Å². The molecule has 3 nitrogen and oxygen atoms in total. The summed E-state index contributed by atoms with van der Waals surface area (Å²) in [5, 5.41) is 0. The second-order valence-electron chi connectivity index (χ2n) is 2.78. The molecular weight excluding hydrogens is 186 g/mol. The van der Waals surface area contributed by atoms with Gasteiger partial charge in [0.25, 0.3) is 0 Å². The largest absolute Gasteiger partial charge is 0.284 e. The minimum atomic E-state index is -3.16. The molecular formula is C9H12NO2S. The maximum absolute atomic E-state index is 10.8. The molecule has 0 aliphatic carbocycles. The predicted molar refractivity (Wildman–Crippen MR) is 54.0 cm³/mol. The van der Waals surface area contributed by atoms with Crippen molar-refractivity contribution < 1.29 is 8.42 Å². The molecule has 0 bridgehead atoms. The van der Waals surface area contributed by atoms with Crippen molar-refractivity contribution in [2.75, 3.05) is 11.0 Å². The van der Waals surface area contributed by atoms with Gasteiger partial charge in [0.15, 0.2) is 0 Å². The first-order valence-electron chi connectivity index (χ1n) is 3.88. The van der Waals surface area contributed by atoms with Gasteiger partial charge in [0.05, 0.1) is 6.26 Å². The lowest BCUT2D eigenvalue weighted by Crippen LogP contribution is -2.09. The van der Waals surface area contributed by atoms with Crippen LogP contribution in [-0.2, 0) is 10.0 Å². The zero-order valence-electron chi connectivity index (χ0n) is 7.61. The molecule has 0 aromatic heterocycles. The first-order valence-corrected chi connectivity index (χ1v) is 5.77. The van der Waals surface area contributed by atoms with Crippen LogP contribution in [0.5, 0.6) is 0 Å². The number of hydrogen-bond acceptors (Lipinski definition) is 2. The summed E-state index contributed by atoms with van der Waals surface area (Å²) in [7, 11) is -3.16. The van der Waals surface area contributed by atoms with Gasteiger partial charge in [-0.3, -0.25) is 4.72 Å². The van der Waals surface area contributed by atoms with Crippen LogP contribution >= 0.6 is 0 Å². The van der Waals surface area contributed by atoms with E-state index in [2.05, 4.69) is 4.72 Å². The van der Waals surface area contributed by atoms with Crippen LogP contribution in [0.25, 0.3) is 0 Å². The van der Waals surface area contributed by atoms with Crippen molar-refractivity contribution in [3.8, 4) is 0 Å². The second-order valence-corrected chi connectivity index (χ2v) is 4.53. The summed E-state index contributed by atoms with van der Waals surface area (Å²) in [6, 6.07) is 7.17. The van der Waals surface area contributed by atoms with Crippen LogP contribution in [0.2, 0.25) is 0 Å². The molecule has 1 aromatic rings. The Balaban J connectivity index is 2.81. The summed E-state index contributed by atoms with van der Waals surface area (Å²) in [4.78, 5) is 0. The molecule has 0 saturated heterocycles. The first kappa shape index (κ1) is 10.1. The number of nitrogens with one attached hydrogen (secondary N) is 1. The third-order valence-corrected chi connectivity index (χ3v) is 2.15. The molecule has 0 saturated carbocycles. The highest BCUT2D eigenvalue weighted by Gasteiger charge is 2.00. The number of hydrogen-bond donors (Lipinski definition) is 1. The first-order chi connectivity index (χ1) is 6.01. The fourth-order valence-electron chi connectivity index (χ4n) is 0.958. The van der Waals surface area contributed by atoms with Crippen molar-refractivity contribution in [3.63, 3.8) is 0 Å². The van der Waals surface area contributed by atoms with Gasteiger partial charge in [-0.2, -0.15) is 0 Å². The SMILES string of the molecule is C[CH]c1ccc(NS(C)(=O)=O)cc1. The summed E-state index contributed by atoms with van der Waals surface area (Å²) in [5.41, 5.74) is 1.66. The average molecular weight is 198 g/mol. The standard InChI is InChI=1S/C9H12NO2S/c1-3-8-4-6-9(7-5-8)10-13(2,11)12/h3-7,10H,1-2H3. The van der Waals surface area contributed by atoms with E-state index in [0.29, 0.717) is 5.69 Å². The molecule has 1 N–H and O–H groups in total. The molecule has 4 heteroatoms. The fourth-order valence-corrected chi connectivity index (χ4v) is 1.52. The fraction of sp³-hybridized carbons (Fsp3) is 0.222. The molecule has 0 amide bonds. The van der Waals surface area contributed by atoms with Gasteiger partial charge in [-0.1, -0.05) is 19.1 Å². The number of benzene rings is 1.